The van der Waals surface area contributed by atoms with Gasteiger partial charge in [-0.3, -0.25) is 9.59 Å². The van der Waals surface area contributed by atoms with Gasteiger partial charge in [-0.1, -0.05) is 148 Å². The van der Waals surface area contributed by atoms with Crippen molar-refractivity contribution in [1.29, 1.82) is 0 Å². The van der Waals surface area contributed by atoms with Crippen LogP contribution >= 0.6 is 0 Å². The Bertz CT molecular complexity index is 1350. The topological polar surface area (TPSA) is 99.1 Å². The number of unbranched alkanes of at least 4 members (excludes halogenated alkanes) is 6. The first-order valence-corrected chi connectivity index (χ1v) is 21.6. The van der Waals surface area contributed by atoms with E-state index in [0.29, 0.717) is 19.3 Å². The molecule has 0 radical (unpaired) electrons. The number of nitrogens with zero attached hydrogens (tertiary/aromatic N) is 1. The molecule has 0 amide bonds. The SMILES string of the molecule is CC/C=C/C=C/C=C/C=C/C=C/CCCCCC(=O)OC(COCCC(C(=O)O)[N+](C)(C)C)COC(=O)CCCCC/C=C/C/C=C/C/C=C/C/C=C/C/C=C/CC. The van der Waals surface area contributed by atoms with Crippen molar-refractivity contribution in [3.63, 3.8) is 0 Å². The predicted molar refractivity (Wildman–Crippen MR) is 242 cm³/mol. The number of hydrogen-bond donors (Lipinski definition) is 1. The number of quaternary nitrogens is 1. The Balaban J connectivity index is 4.52. The smallest absolute Gasteiger partial charge is 0.362 e. The highest BCUT2D eigenvalue weighted by Crippen LogP contribution is 2.11. The molecule has 0 aromatic rings. The van der Waals surface area contributed by atoms with Crippen LogP contribution in [0.15, 0.2) is 122 Å². The van der Waals surface area contributed by atoms with Crippen LogP contribution in [0.3, 0.4) is 0 Å². The van der Waals surface area contributed by atoms with E-state index >= 15 is 0 Å². The van der Waals surface area contributed by atoms with Crippen molar-refractivity contribution >= 4 is 17.9 Å². The Morgan fingerprint density at radius 2 is 1.00 bits per heavy atom. The van der Waals surface area contributed by atoms with Crippen molar-refractivity contribution < 1.29 is 38.2 Å². The lowest BCUT2D eigenvalue weighted by Crippen LogP contribution is -2.50. The molecule has 0 bridgehead atoms. The van der Waals surface area contributed by atoms with Gasteiger partial charge >= 0.3 is 17.9 Å². The van der Waals surface area contributed by atoms with E-state index in [1.165, 1.54) is 0 Å². The van der Waals surface area contributed by atoms with Crippen molar-refractivity contribution in [3.8, 4) is 0 Å². The van der Waals surface area contributed by atoms with E-state index < -0.39 is 18.1 Å². The molecule has 8 nitrogen and oxygen atoms in total. The van der Waals surface area contributed by atoms with Gasteiger partial charge in [0.05, 0.1) is 34.4 Å². The Kier molecular flexibility index (Phi) is 36.6. The van der Waals surface area contributed by atoms with E-state index in [1.807, 2.05) is 69.8 Å². The van der Waals surface area contributed by atoms with E-state index in [4.69, 9.17) is 14.2 Å². The summed E-state index contributed by atoms with van der Waals surface area (Å²) in [6.45, 7) is 4.36. The summed E-state index contributed by atoms with van der Waals surface area (Å²) < 4.78 is 17.2. The van der Waals surface area contributed by atoms with E-state index in [-0.39, 0.29) is 42.7 Å². The van der Waals surface area contributed by atoms with Crippen molar-refractivity contribution in [2.24, 2.45) is 0 Å². The summed E-state index contributed by atoms with van der Waals surface area (Å²) in [5.74, 6) is -1.59. The van der Waals surface area contributed by atoms with Crippen LogP contribution < -0.4 is 0 Å². The summed E-state index contributed by atoms with van der Waals surface area (Å²) >= 11 is 0. The largest absolute Gasteiger partial charge is 0.477 e. The third-order valence-corrected chi connectivity index (χ3v) is 8.73. The molecule has 0 aliphatic rings. The Morgan fingerprint density at radius 1 is 0.534 bits per heavy atom. The third kappa shape index (κ3) is 37.3. The van der Waals surface area contributed by atoms with Crippen LogP contribution in [-0.4, -0.2) is 80.6 Å². The van der Waals surface area contributed by atoms with Gasteiger partial charge in [-0.25, -0.2) is 4.79 Å². The number of ether oxygens (including phenoxy) is 3. The number of likely N-dealkylation sites (N-methyl/N-ethyl adjacent to an activating group) is 1. The summed E-state index contributed by atoms with van der Waals surface area (Å²) in [6, 6.07) is -0.636. The van der Waals surface area contributed by atoms with Crippen LogP contribution in [0.1, 0.15) is 123 Å². The van der Waals surface area contributed by atoms with Gasteiger partial charge in [0.1, 0.15) is 6.61 Å². The van der Waals surface area contributed by atoms with Gasteiger partial charge in [0.15, 0.2) is 12.1 Å². The van der Waals surface area contributed by atoms with Gasteiger partial charge in [-0.15, -0.1) is 0 Å². The molecule has 0 spiro atoms. The number of allylic oxidation sites excluding steroid dienone is 20. The van der Waals surface area contributed by atoms with Gasteiger partial charge in [-0.2, -0.15) is 0 Å². The zero-order valence-corrected chi connectivity index (χ0v) is 36.7. The molecule has 324 valence electrons. The average molecular weight is 805 g/mol. The monoisotopic (exact) mass is 805 g/mol. The first kappa shape index (κ1) is 53.7. The maximum absolute atomic E-state index is 12.7. The normalized spacial score (nSPS) is 14.2. The minimum absolute atomic E-state index is 0.0233. The minimum atomic E-state index is -0.894. The predicted octanol–water partition coefficient (Wildman–Crippen LogP) is 11.9. The molecule has 0 saturated heterocycles. The van der Waals surface area contributed by atoms with E-state index in [0.717, 1.165) is 83.5 Å². The standard InChI is InChI=1S/C50H77NO7/c1-6-8-10-12-14-16-18-20-22-23-24-25-27-28-30-32-34-36-38-40-48(52)57-45-46(44-56-43-42-47(50(54)55)51(3,4)5)58-49(53)41-39-37-35-33-31-29-26-21-19-17-15-13-11-9-7-2/h8-11,13-17,19-22,24-26,28-31,46-47H,6-7,12,18,23,27,32-45H2,1-5H3/p+1/b10-8+,11-9+,15-13+,16-14+,19-17+,22-20+,25-24+,26-21+,30-28+,31-29+. The molecule has 2 atom stereocenters. The summed E-state index contributed by atoms with van der Waals surface area (Å²) in [6.07, 6.45) is 55.3. The van der Waals surface area contributed by atoms with Crippen LogP contribution in [-0.2, 0) is 28.6 Å². The Hall–Kier alpha value is -4.27. The van der Waals surface area contributed by atoms with E-state index in [9.17, 15) is 19.5 Å². The summed E-state index contributed by atoms with van der Waals surface area (Å²) in [5, 5.41) is 9.62. The fourth-order valence-corrected chi connectivity index (χ4v) is 5.43. The van der Waals surface area contributed by atoms with Gasteiger partial charge in [-0.05, 0) is 77.0 Å². The second kappa shape index (κ2) is 39.6. The number of esters is 2. The quantitative estimate of drug-likeness (QED) is 0.0221. The highest BCUT2D eigenvalue weighted by Gasteiger charge is 2.31. The maximum atomic E-state index is 12.7. The zero-order chi connectivity index (χ0) is 42.8. The molecule has 0 heterocycles. The molecule has 0 aromatic heterocycles. The summed E-state index contributed by atoms with van der Waals surface area (Å²) in [7, 11) is 5.48. The summed E-state index contributed by atoms with van der Waals surface area (Å²) in [5.41, 5.74) is 0. The second-order valence-corrected chi connectivity index (χ2v) is 15.0. The van der Waals surface area contributed by atoms with Crippen LogP contribution in [0.25, 0.3) is 0 Å². The molecule has 58 heavy (non-hydrogen) atoms. The molecule has 0 aliphatic heterocycles. The number of carboxylic acid groups (broad SMARTS) is 1. The molecule has 2 unspecified atom stereocenters. The summed E-state index contributed by atoms with van der Waals surface area (Å²) in [4.78, 5) is 37.0. The van der Waals surface area contributed by atoms with Gasteiger partial charge in [0.25, 0.3) is 0 Å². The maximum Gasteiger partial charge on any atom is 0.362 e. The van der Waals surface area contributed by atoms with Gasteiger partial charge in [0.2, 0.25) is 0 Å². The molecule has 0 aliphatic carbocycles. The number of rotatable bonds is 36. The van der Waals surface area contributed by atoms with Crippen LogP contribution in [0, 0.1) is 0 Å². The molecule has 1 N–H and O–H groups in total. The first-order chi connectivity index (χ1) is 28.1. The fourth-order valence-electron chi connectivity index (χ4n) is 5.43. The lowest BCUT2D eigenvalue weighted by atomic mass is 10.1. The zero-order valence-electron chi connectivity index (χ0n) is 36.7. The molecule has 8 heteroatoms. The second-order valence-electron chi connectivity index (χ2n) is 15.0. The first-order valence-electron chi connectivity index (χ1n) is 21.6. The molecular weight excluding hydrogens is 727 g/mol. The highest BCUT2D eigenvalue weighted by atomic mass is 16.6. The lowest BCUT2D eigenvalue weighted by molar-refractivity contribution is -0.887. The van der Waals surface area contributed by atoms with Crippen molar-refractivity contribution in [1.82, 2.24) is 0 Å². The third-order valence-electron chi connectivity index (χ3n) is 8.73. The molecule has 0 saturated carbocycles. The Labute approximate surface area is 352 Å². The van der Waals surface area contributed by atoms with Crippen LogP contribution in [0.5, 0.6) is 0 Å². The minimum Gasteiger partial charge on any atom is -0.477 e. The molecule has 0 rings (SSSR count). The van der Waals surface area contributed by atoms with Gasteiger partial charge in [0, 0.05) is 19.3 Å². The number of carbonyl (C=O) groups excluding carboxylic acids is 2. The highest BCUT2D eigenvalue weighted by molar-refractivity contribution is 5.72. The van der Waals surface area contributed by atoms with Gasteiger partial charge < -0.3 is 23.8 Å². The van der Waals surface area contributed by atoms with Crippen LogP contribution in [0.4, 0.5) is 0 Å². The van der Waals surface area contributed by atoms with Crippen molar-refractivity contribution in [3.05, 3.63) is 122 Å². The van der Waals surface area contributed by atoms with Crippen LogP contribution in [0.2, 0.25) is 0 Å². The number of aliphatic carboxylic acids is 1. The molecule has 0 aromatic carbocycles. The number of carbonyl (C=O) groups is 3. The Morgan fingerprint density at radius 3 is 1.52 bits per heavy atom. The van der Waals surface area contributed by atoms with Crippen molar-refractivity contribution in [2.45, 2.75) is 135 Å². The fraction of sp³-hybridized carbons (Fsp3) is 0.540. The molecular formula is C50H78NO7+. The molecule has 0 fully saturated rings. The number of carboxylic acids is 1. The number of hydrogen-bond acceptors (Lipinski definition) is 6. The van der Waals surface area contributed by atoms with Crippen molar-refractivity contribution in [2.75, 3.05) is 41.0 Å². The lowest BCUT2D eigenvalue weighted by Gasteiger charge is -2.31. The van der Waals surface area contributed by atoms with E-state index in [1.54, 1.807) is 0 Å². The van der Waals surface area contributed by atoms with E-state index in [2.05, 4.69) is 86.8 Å². The average Bonchev–Trinajstić information content (AvgIpc) is 3.18.